The van der Waals surface area contributed by atoms with Gasteiger partial charge in [-0.1, -0.05) is 62.6 Å². The van der Waals surface area contributed by atoms with Crippen LogP contribution in [0.1, 0.15) is 85.5 Å². The molecule has 154 valence electrons. The molecule has 0 amide bonds. The van der Waals surface area contributed by atoms with Crippen molar-refractivity contribution < 1.29 is 9.53 Å². The van der Waals surface area contributed by atoms with Gasteiger partial charge in [-0.25, -0.2) is 0 Å². The fourth-order valence-corrected chi connectivity index (χ4v) is 3.08. The van der Waals surface area contributed by atoms with Crippen LogP contribution in [0.3, 0.4) is 0 Å². The molecular weight excluding hydrogens is 358 g/mol. The Kier molecular flexibility index (Phi) is 15.9. The van der Waals surface area contributed by atoms with E-state index in [1.54, 1.807) is 0 Å². The summed E-state index contributed by atoms with van der Waals surface area (Å²) in [5.74, 6) is -0.231. The van der Waals surface area contributed by atoms with Crippen molar-refractivity contribution in [1.29, 1.82) is 0 Å². The lowest BCUT2D eigenvalue weighted by Crippen LogP contribution is -2.25. The standard InChI is InChI=1S/C22H37NO3S/c1-5-7-8-9-10-11-12-13-14-15-16-18-20(17-6-2)26-21(24)19-22(3,4)27-23-25/h5,7-11,20H,6,12-19H2,1-4H3. The molecule has 0 saturated heterocycles. The minimum absolute atomic E-state index is 0.0101. The molecular formula is C22H37NO3S. The van der Waals surface area contributed by atoms with Crippen molar-refractivity contribution in [3.63, 3.8) is 0 Å². The average molecular weight is 396 g/mol. The summed E-state index contributed by atoms with van der Waals surface area (Å²) in [6.45, 7) is 7.78. The topological polar surface area (TPSA) is 55.7 Å². The fourth-order valence-electron chi connectivity index (χ4n) is 2.69. The van der Waals surface area contributed by atoms with Gasteiger partial charge >= 0.3 is 5.97 Å². The maximum absolute atomic E-state index is 12.1. The summed E-state index contributed by atoms with van der Waals surface area (Å²) in [5.41, 5.74) is 0. The summed E-state index contributed by atoms with van der Waals surface area (Å²) in [7, 11) is 0. The summed E-state index contributed by atoms with van der Waals surface area (Å²) in [5, 5.41) is 0. The molecule has 0 N–H and O–H groups in total. The quantitative estimate of drug-likeness (QED) is 0.0903. The summed E-state index contributed by atoms with van der Waals surface area (Å²) in [4.78, 5) is 22.5. The molecule has 0 aromatic carbocycles. The van der Waals surface area contributed by atoms with E-state index in [1.165, 1.54) is 12.8 Å². The zero-order chi connectivity index (χ0) is 20.4. The third kappa shape index (κ3) is 16.5. The van der Waals surface area contributed by atoms with E-state index in [4.69, 9.17) is 4.74 Å². The van der Waals surface area contributed by atoms with Crippen molar-refractivity contribution in [2.45, 2.75) is 96.3 Å². The van der Waals surface area contributed by atoms with Crippen LogP contribution in [0.15, 0.2) is 41.0 Å². The molecule has 1 atom stereocenters. The summed E-state index contributed by atoms with van der Waals surface area (Å²) in [6.07, 6.45) is 21.1. The third-order valence-corrected chi connectivity index (χ3v) is 4.79. The Labute approximate surface area is 170 Å². The van der Waals surface area contributed by atoms with Gasteiger partial charge in [0.15, 0.2) is 0 Å². The van der Waals surface area contributed by atoms with E-state index in [0.29, 0.717) is 0 Å². The molecule has 0 radical (unpaired) electrons. The highest BCUT2D eigenvalue weighted by Gasteiger charge is 2.26. The Morgan fingerprint density at radius 1 is 1.07 bits per heavy atom. The predicted molar refractivity (Wildman–Crippen MR) is 118 cm³/mol. The maximum atomic E-state index is 12.1. The van der Waals surface area contributed by atoms with E-state index in [1.807, 2.05) is 39.0 Å². The minimum atomic E-state index is -0.509. The van der Waals surface area contributed by atoms with Crippen LogP contribution in [0.4, 0.5) is 0 Å². The predicted octanol–water partition coefficient (Wildman–Crippen LogP) is 7.31. The van der Waals surface area contributed by atoms with Gasteiger partial charge in [0.05, 0.1) is 6.42 Å². The molecule has 0 aliphatic heterocycles. The van der Waals surface area contributed by atoms with Crippen molar-refractivity contribution in [3.8, 4) is 0 Å². The molecule has 0 heterocycles. The Morgan fingerprint density at radius 2 is 1.78 bits per heavy atom. The first-order valence-electron chi connectivity index (χ1n) is 10.1. The number of nitrogens with zero attached hydrogens (tertiary/aromatic N) is 1. The third-order valence-electron chi connectivity index (χ3n) is 4.07. The molecule has 0 bridgehead atoms. The van der Waals surface area contributed by atoms with Gasteiger partial charge in [0.2, 0.25) is 0 Å². The van der Waals surface area contributed by atoms with Gasteiger partial charge in [0.25, 0.3) is 0 Å². The molecule has 0 aliphatic rings. The molecule has 1 unspecified atom stereocenters. The highest BCUT2D eigenvalue weighted by Crippen LogP contribution is 2.29. The summed E-state index contributed by atoms with van der Waals surface area (Å²) < 4.78 is 7.97. The van der Waals surface area contributed by atoms with Crippen molar-refractivity contribution in [2.24, 2.45) is 4.58 Å². The van der Waals surface area contributed by atoms with Crippen LogP contribution in [0, 0.1) is 4.91 Å². The smallest absolute Gasteiger partial charge is 0.307 e. The second-order valence-electron chi connectivity index (χ2n) is 7.33. The SMILES string of the molecule is CC=CC=CC=CCCCCCCC(CCC)OC(=O)CC(C)(C)SN=O. The second-order valence-corrected chi connectivity index (χ2v) is 8.77. The number of carbonyl (C=O) groups is 1. The molecule has 5 heteroatoms. The van der Waals surface area contributed by atoms with Crippen LogP contribution in [0.25, 0.3) is 0 Å². The average Bonchev–Trinajstić information content (AvgIpc) is 2.59. The number of hydrogen-bond acceptors (Lipinski definition) is 5. The molecule has 0 aliphatic carbocycles. The number of nitroso groups, excluding NO2 is 1. The van der Waals surface area contributed by atoms with Crippen molar-refractivity contribution in [2.75, 3.05) is 0 Å². The van der Waals surface area contributed by atoms with Crippen LogP contribution in [0.2, 0.25) is 0 Å². The van der Waals surface area contributed by atoms with E-state index >= 15 is 0 Å². The maximum Gasteiger partial charge on any atom is 0.307 e. The van der Waals surface area contributed by atoms with Crippen molar-refractivity contribution in [1.82, 2.24) is 0 Å². The molecule has 0 spiro atoms. The first kappa shape index (κ1) is 25.6. The van der Waals surface area contributed by atoms with Crippen LogP contribution in [0.5, 0.6) is 0 Å². The highest BCUT2D eigenvalue weighted by atomic mass is 32.2. The van der Waals surface area contributed by atoms with Gasteiger partial charge in [-0.2, -0.15) is 0 Å². The Bertz CT molecular complexity index is 484. The van der Waals surface area contributed by atoms with E-state index in [0.717, 1.165) is 50.5 Å². The lowest BCUT2D eigenvalue weighted by molar-refractivity contribution is -0.150. The highest BCUT2D eigenvalue weighted by molar-refractivity contribution is 7.99. The van der Waals surface area contributed by atoms with E-state index in [2.05, 4.69) is 29.7 Å². The molecule has 0 rings (SSSR count). The Hall–Kier alpha value is -1.36. The second kappa shape index (κ2) is 16.8. The van der Waals surface area contributed by atoms with E-state index < -0.39 is 4.75 Å². The minimum Gasteiger partial charge on any atom is -0.462 e. The van der Waals surface area contributed by atoms with Crippen molar-refractivity contribution in [3.05, 3.63) is 41.4 Å². The monoisotopic (exact) mass is 395 g/mol. The number of carbonyl (C=O) groups excluding carboxylic acids is 1. The first-order chi connectivity index (χ1) is 12.9. The van der Waals surface area contributed by atoms with E-state index in [9.17, 15) is 9.70 Å². The van der Waals surface area contributed by atoms with Crippen LogP contribution < -0.4 is 0 Å². The Balaban J connectivity index is 3.98. The van der Waals surface area contributed by atoms with Gasteiger partial charge < -0.3 is 4.74 Å². The molecule has 0 fully saturated rings. The van der Waals surface area contributed by atoms with Gasteiger partial charge in [0, 0.05) is 21.3 Å². The van der Waals surface area contributed by atoms with Crippen LogP contribution in [-0.4, -0.2) is 16.8 Å². The lowest BCUT2D eigenvalue weighted by atomic mass is 10.0. The van der Waals surface area contributed by atoms with Gasteiger partial charge in [-0.05, 0) is 52.9 Å². The number of rotatable bonds is 16. The van der Waals surface area contributed by atoms with Gasteiger partial charge in [0.1, 0.15) is 6.10 Å². The summed E-state index contributed by atoms with van der Waals surface area (Å²) >= 11 is 0.894. The van der Waals surface area contributed by atoms with Crippen LogP contribution in [-0.2, 0) is 9.53 Å². The summed E-state index contributed by atoms with van der Waals surface area (Å²) in [6, 6.07) is 0. The zero-order valence-corrected chi connectivity index (χ0v) is 18.3. The van der Waals surface area contributed by atoms with Crippen molar-refractivity contribution >= 4 is 17.9 Å². The van der Waals surface area contributed by atoms with Crippen LogP contribution >= 0.6 is 11.9 Å². The fraction of sp³-hybridized carbons (Fsp3) is 0.682. The van der Waals surface area contributed by atoms with E-state index in [-0.39, 0.29) is 18.5 Å². The van der Waals surface area contributed by atoms with Gasteiger partial charge in [-0.15, -0.1) is 4.91 Å². The molecule has 0 saturated carbocycles. The number of esters is 1. The Morgan fingerprint density at radius 3 is 2.44 bits per heavy atom. The first-order valence-corrected chi connectivity index (χ1v) is 10.9. The zero-order valence-electron chi connectivity index (χ0n) is 17.5. The largest absolute Gasteiger partial charge is 0.462 e. The lowest BCUT2D eigenvalue weighted by Gasteiger charge is -2.22. The normalized spacial score (nSPS) is 13.6. The molecule has 0 aromatic heterocycles. The number of allylic oxidation sites excluding steroid dienone is 6. The number of hydrogen-bond donors (Lipinski definition) is 0. The molecule has 4 nitrogen and oxygen atoms in total. The number of unbranched alkanes of at least 4 members (excludes halogenated alkanes) is 4. The molecule has 0 aromatic rings. The number of ether oxygens (including phenoxy) is 1. The van der Waals surface area contributed by atoms with Gasteiger partial charge in [-0.3, -0.25) is 4.79 Å². The molecule has 27 heavy (non-hydrogen) atoms.